The highest BCUT2D eigenvalue weighted by molar-refractivity contribution is 6.07. The lowest BCUT2D eigenvalue weighted by molar-refractivity contribution is -0.763. The lowest BCUT2D eigenvalue weighted by Crippen LogP contribution is -2.29. The first-order valence-electron chi connectivity index (χ1n) is 6.93. The number of anilines is 1. The monoisotopic (exact) mass is 330 g/mol. The number of nitrogens with zero attached hydrogens (tertiary/aromatic N) is 1. The van der Waals surface area contributed by atoms with Crippen molar-refractivity contribution in [2.75, 3.05) is 5.32 Å². The third-order valence-corrected chi connectivity index (χ3v) is 2.99. The van der Waals surface area contributed by atoms with E-state index in [0.29, 0.717) is 17.0 Å². The summed E-state index contributed by atoms with van der Waals surface area (Å²) < 4.78 is 5.09. The number of hydrogen-bond donors (Lipinski definition) is 1. The molecule has 1 N–H and O–H groups in total. The van der Waals surface area contributed by atoms with Crippen LogP contribution in [-0.2, 0) is 9.63 Å². The predicted octanol–water partition coefficient (Wildman–Crippen LogP) is 2.71. The largest absolute Gasteiger partial charge is 0.465 e. The van der Waals surface area contributed by atoms with Gasteiger partial charge in [0.15, 0.2) is 11.9 Å². The number of allylic oxidation sites excluding steroid dienone is 1. The van der Waals surface area contributed by atoms with Crippen LogP contribution in [0.4, 0.5) is 5.69 Å². The third-order valence-electron chi connectivity index (χ3n) is 2.99. The number of benzene rings is 1. The summed E-state index contributed by atoms with van der Waals surface area (Å²) >= 11 is 0. The number of carbonyl (C=O) groups excluding carboxylic acids is 2. The van der Waals surface area contributed by atoms with Crippen LogP contribution in [0.1, 0.15) is 23.0 Å². The van der Waals surface area contributed by atoms with Crippen LogP contribution in [0.5, 0.6) is 0 Å². The van der Waals surface area contributed by atoms with Crippen molar-refractivity contribution in [3.05, 3.63) is 70.2 Å². The van der Waals surface area contributed by atoms with E-state index in [1.807, 2.05) is 0 Å². The molecule has 0 aliphatic carbocycles. The Balaban J connectivity index is 1.96. The maximum absolute atomic E-state index is 12.0. The summed E-state index contributed by atoms with van der Waals surface area (Å²) in [4.78, 5) is 38.0. The van der Waals surface area contributed by atoms with E-state index < -0.39 is 17.1 Å². The SMILES string of the molecule is CC(O[N+](=O)[O-])C(=O)Nc1ccc(C(=O)/C=C/c2ccco2)cc1. The van der Waals surface area contributed by atoms with Gasteiger partial charge in [0.25, 0.3) is 11.0 Å². The van der Waals surface area contributed by atoms with Crippen molar-refractivity contribution in [1.29, 1.82) is 0 Å². The molecule has 0 saturated carbocycles. The Morgan fingerprint density at radius 1 is 1.29 bits per heavy atom. The molecule has 0 aliphatic heterocycles. The molecule has 0 saturated heterocycles. The van der Waals surface area contributed by atoms with Gasteiger partial charge in [-0.1, -0.05) is 0 Å². The molecule has 0 aliphatic rings. The topological polar surface area (TPSA) is 112 Å². The summed E-state index contributed by atoms with van der Waals surface area (Å²) in [5.41, 5.74) is 0.816. The van der Waals surface area contributed by atoms with Crippen molar-refractivity contribution in [2.45, 2.75) is 13.0 Å². The number of amides is 1. The van der Waals surface area contributed by atoms with Gasteiger partial charge in [-0.15, -0.1) is 10.1 Å². The molecule has 1 unspecified atom stereocenters. The number of ketones is 1. The first kappa shape index (κ1) is 16.9. The van der Waals surface area contributed by atoms with E-state index in [1.165, 1.54) is 43.5 Å². The maximum Gasteiger partial charge on any atom is 0.295 e. The van der Waals surface area contributed by atoms with Crippen molar-refractivity contribution >= 4 is 23.5 Å². The Hall–Kier alpha value is -3.42. The van der Waals surface area contributed by atoms with E-state index in [1.54, 1.807) is 18.2 Å². The zero-order valence-electron chi connectivity index (χ0n) is 12.7. The van der Waals surface area contributed by atoms with Gasteiger partial charge >= 0.3 is 0 Å². The van der Waals surface area contributed by atoms with E-state index in [2.05, 4.69) is 10.2 Å². The van der Waals surface area contributed by atoms with Gasteiger partial charge in [0.05, 0.1) is 6.26 Å². The molecule has 0 fully saturated rings. The van der Waals surface area contributed by atoms with E-state index in [4.69, 9.17) is 4.42 Å². The fraction of sp³-hybridized carbons (Fsp3) is 0.125. The minimum atomic E-state index is -1.24. The van der Waals surface area contributed by atoms with Gasteiger partial charge in [-0.2, -0.15) is 0 Å². The Morgan fingerprint density at radius 2 is 2.00 bits per heavy atom. The fourth-order valence-electron chi connectivity index (χ4n) is 1.78. The quantitative estimate of drug-likeness (QED) is 0.361. The highest BCUT2D eigenvalue weighted by Gasteiger charge is 2.16. The fourth-order valence-corrected chi connectivity index (χ4v) is 1.78. The van der Waals surface area contributed by atoms with E-state index in [9.17, 15) is 19.7 Å². The number of carbonyl (C=O) groups is 2. The molecule has 2 rings (SSSR count). The average molecular weight is 330 g/mol. The molecule has 0 spiro atoms. The summed E-state index contributed by atoms with van der Waals surface area (Å²) in [6, 6.07) is 9.53. The molecule has 1 amide bonds. The summed E-state index contributed by atoms with van der Waals surface area (Å²) in [5.74, 6) is -0.329. The highest BCUT2D eigenvalue weighted by atomic mass is 17.0. The molecule has 2 aromatic rings. The van der Waals surface area contributed by atoms with Crippen molar-refractivity contribution in [3.8, 4) is 0 Å². The van der Waals surface area contributed by atoms with Gasteiger partial charge in [-0.25, -0.2) is 0 Å². The Morgan fingerprint density at radius 3 is 2.58 bits per heavy atom. The van der Waals surface area contributed by atoms with Crippen LogP contribution in [0.2, 0.25) is 0 Å². The molecule has 124 valence electrons. The van der Waals surface area contributed by atoms with E-state index in [0.717, 1.165) is 0 Å². The number of furan rings is 1. The summed E-state index contributed by atoms with van der Waals surface area (Å²) in [7, 11) is 0. The summed E-state index contributed by atoms with van der Waals surface area (Å²) in [5, 5.41) is 11.6. The second kappa shape index (κ2) is 7.73. The molecule has 0 radical (unpaired) electrons. The third kappa shape index (κ3) is 4.80. The zero-order valence-corrected chi connectivity index (χ0v) is 12.7. The van der Waals surface area contributed by atoms with Crippen molar-refractivity contribution in [3.63, 3.8) is 0 Å². The van der Waals surface area contributed by atoms with Crippen molar-refractivity contribution in [2.24, 2.45) is 0 Å². The molecular weight excluding hydrogens is 316 g/mol. The van der Waals surface area contributed by atoms with Gasteiger partial charge in [-0.05, 0) is 55.5 Å². The first-order valence-corrected chi connectivity index (χ1v) is 6.93. The lowest BCUT2D eigenvalue weighted by Gasteiger charge is -2.10. The number of rotatable bonds is 7. The molecule has 1 heterocycles. The molecule has 1 aromatic heterocycles. The maximum atomic E-state index is 12.0. The van der Waals surface area contributed by atoms with Crippen LogP contribution in [0.15, 0.2) is 53.2 Å². The lowest BCUT2D eigenvalue weighted by atomic mass is 10.1. The molecule has 8 heteroatoms. The normalized spacial score (nSPS) is 11.9. The molecule has 0 bridgehead atoms. The highest BCUT2D eigenvalue weighted by Crippen LogP contribution is 2.12. The van der Waals surface area contributed by atoms with Crippen molar-refractivity contribution in [1.82, 2.24) is 0 Å². The molecule has 1 atom stereocenters. The van der Waals surface area contributed by atoms with Crippen LogP contribution in [0.25, 0.3) is 6.08 Å². The molecule has 1 aromatic carbocycles. The molecule has 8 nitrogen and oxygen atoms in total. The first-order chi connectivity index (χ1) is 11.5. The van der Waals surface area contributed by atoms with E-state index >= 15 is 0 Å². The standard InChI is InChI=1S/C16H14N2O6/c1-11(24-18(21)22)16(20)17-13-6-4-12(5-7-13)15(19)9-8-14-3-2-10-23-14/h2-11H,1H3,(H,17,20)/b9-8+. The smallest absolute Gasteiger partial charge is 0.295 e. The Bertz CT molecular complexity index is 749. The Kier molecular flexibility index (Phi) is 5.45. The van der Waals surface area contributed by atoms with Gasteiger partial charge in [0.2, 0.25) is 0 Å². The zero-order chi connectivity index (χ0) is 17.5. The van der Waals surface area contributed by atoms with Gasteiger partial charge < -0.3 is 14.6 Å². The van der Waals surface area contributed by atoms with Crippen LogP contribution in [0.3, 0.4) is 0 Å². The van der Waals surface area contributed by atoms with Crippen LogP contribution < -0.4 is 5.32 Å². The number of hydrogen-bond acceptors (Lipinski definition) is 6. The molecular formula is C16H14N2O6. The van der Waals surface area contributed by atoms with Gasteiger partial charge in [-0.3, -0.25) is 9.59 Å². The number of nitrogens with one attached hydrogen (secondary N) is 1. The van der Waals surface area contributed by atoms with Crippen LogP contribution in [0, 0.1) is 10.1 Å². The summed E-state index contributed by atoms with van der Waals surface area (Å²) in [6.07, 6.45) is 3.19. The average Bonchev–Trinajstić information content (AvgIpc) is 3.06. The van der Waals surface area contributed by atoms with Crippen LogP contribution >= 0.6 is 0 Å². The van der Waals surface area contributed by atoms with Gasteiger partial charge in [0.1, 0.15) is 5.76 Å². The van der Waals surface area contributed by atoms with Crippen molar-refractivity contribution < 1.29 is 23.9 Å². The minimum absolute atomic E-state index is 0.227. The minimum Gasteiger partial charge on any atom is -0.465 e. The Labute approximate surface area is 136 Å². The van der Waals surface area contributed by atoms with Gasteiger partial charge in [0, 0.05) is 11.3 Å². The summed E-state index contributed by atoms with van der Waals surface area (Å²) in [6.45, 7) is 1.26. The second-order valence-corrected chi connectivity index (χ2v) is 4.75. The molecule has 24 heavy (non-hydrogen) atoms. The second-order valence-electron chi connectivity index (χ2n) is 4.75. The van der Waals surface area contributed by atoms with Crippen LogP contribution in [-0.4, -0.2) is 22.9 Å². The predicted molar refractivity (Wildman–Crippen MR) is 84.7 cm³/mol. The van der Waals surface area contributed by atoms with E-state index in [-0.39, 0.29) is 5.78 Å².